The van der Waals surface area contributed by atoms with Crippen LogP contribution in [0.15, 0.2) is 60.7 Å². The first-order valence-electron chi connectivity index (χ1n) is 13.1. The number of aryl methyl sites for hydroxylation is 3. The third-order valence-corrected chi connectivity index (χ3v) is 6.53. The number of carbonyl (C=O) groups excluding carboxylic acids is 2. The van der Waals surface area contributed by atoms with E-state index in [2.05, 4.69) is 35.8 Å². The van der Waals surface area contributed by atoms with E-state index in [9.17, 15) is 9.59 Å². The molecule has 7 nitrogen and oxygen atoms in total. The zero-order chi connectivity index (χ0) is 27.2. The zero-order valence-electron chi connectivity index (χ0n) is 22.7. The quantitative estimate of drug-likeness (QED) is 0.243. The molecule has 198 valence electrons. The van der Waals surface area contributed by atoms with E-state index >= 15 is 0 Å². The first kappa shape index (κ1) is 26.8. The van der Waals surface area contributed by atoms with Crippen molar-refractivity contribution >= 4 is 34.1 Å². The van der Waals surface area contributed by atoms with Crippen molar-refractivity contribution in [1.29, 1.82) is 0 Å². The van der Waals surface area contributed by atoms with Gasteiger partial charge in [-0.2, -0.15) is 0 Å². The molecule has 0 fully saturated rings. The minimum absolute atomic E-state index is 0.233. The van der Waals surface area contributed by atoms with E-state index in [-0.39, 0.29) is 11.8 Å². The molecule has 0 saturated carbocycles. The Balaban J connectivity index is 1.72. The van der Waals surface area contributed by atoms with Crippen molar-refractivity contribution in [2.45, 2.75) is 47.6 Å². The van der Waals surface area contributed by atoms with Crippen LogP contribution in [-0.2, 0) is 13.0 Å². The number of carbonyl (C=O) groups is 2. The first-order valence-corrected chi connectivity index (χ1v) is 13.1. The summed E-state index contributed by atoms with van der Waals surface area (Å²) in [6, 6.07) is 18.7. The largest absolute Gasteiger partial charge is 0.492 e. The molecule has 0 saturated heterocycles. The molecule has 3 aromatic carbocycles. The predicted octanol–water partition coefficient (Wildman–Crippen LogP) is 6.83. The van der Waals surface area contributed by atoms with Crippen LogP contribution in [0.4, 0.5) is 11.4 Å². The third-order valence-electron chi connectivity index (χ3n) is 6.53. The third kappa shape index (κ3) is 5.37. The fraction of sp³-hybridized carbons (Fsp3) is 0.290. The Morgan fingerprint density at radius 3 is 1.95 bits per heavy atom. The summed E-state index contributed by atoms with van der Waals surface area (Å²) >= 11 is 0. The van der Waals surface area contributed by atoms with Gasteiger partial charge < -0.3 is 24.7 Å². The number of hydrogen-bond donors (Lipinski definition) is 2. The van der Waals surface area contributed by atoms with Gasteiger partial charge in [0.25, 0.3) is 11.8 Å². The normalized spacial score (nSPS) is 10.9. The van der Waals surface area contributed by atoms with Crippen molar-refractivity contribution in [3.63, 3.8) is 0 Å². The molecule has 0 aliphatic heterocycles. The summed E-state index contributed by atoms with van der Waals surface area (Å²) in [5.41, 5.74) is 5.27. The molecule has 7 heteroatoms. The minimum atomic E-state index is -0.264. The van der Waals surface area contributed by atoms with Crippen LogP contribution in [0.5, 0.6) is 11.5 Å². The summed E-state index contributed by atoms with van der Waals surface area (Å²) in [5, 5.41) is 7.05. The molecule has 2 N–H and O–H groups in total. The Hall–Kier alpha value is -4.26. The number of fused-ring (bicyclic) bond motifs is 1. The first-order chi connectivity index (χ1) is 18.4. The Labute approximate surface area is 223 Å². The van der Waals surface area contributed by atoms with Crippen molar-refractivity contribution in [3.05, 3.63) is 83.0 Å². The van der Waals surface area contributed by atoms with Crippen LogP contribution < -0.4 is 20.1 Å². The maximum absolute atomic E-state index is 13.7. The van der Waals surface area contributed by atoms with Gasteiger partial charge >= 0.3 is 0 Å². The number of amides is 2. The van der Waals surface area contributed by atoms with Crippen molar-refractivity contribution in [3.8, 4) is 11.5 Å². The van der Waals surface area contributed by atoms with E-state index in [4.69, 9.17) is 9.47 Å². The number of rotatable bonds is 10. The van der Waals surface area contributed by atoms with E-state index in [1.54, 1.807) is 24.3 Å². The summed E-state index contributed by atoms with van der Waals surface area (Å²) in [4.78, 5) is 26.6. The number of benzene rings is 3. The van der Waals surface area contributed by atoms with Gasteiger partial charge in [0.2, 0.25) is 0 Å². The van der Waals surface area contributed by atoms with E-state index in [0.29, 0.717) is 53.9 Å². The maximum atomic E-state index is 13.7. The lowest BCUT2D eigenvalue weighted by Crippen LogP contribution is -2.19. The highest BCUT2D eigenvalue weighted by Gasteiger charge is 2.22. The van der Waals surface area contributed by atoms with Gasteiger partial charge in [-0.1, -0.05) is 31.2 Å². The van der Waals surface area contributed by atoms with Crippen LogP contribution in [0.1, 0.15) is 59.7 Å². The second kappa shape index (κ2) is 11.9. The number of nitrogens with zero attached hydrogens (tertiary/aromatic N) is 1. The van der Waals surface area contributed by atoms with Gasteiger partial charge in [-0.3, -0.25) is 9.59 Å². The van der Waals surface area contributed by atoms with Crippen LogP contribution in [-0.4, -0.2) is 29.6 Å². The van der Waals surface area contributed by atoms with Crippen LogP contribution >= 0.6 is 0 Å². The summed E-state index contributed by atoms with van der Waals surface area (Å²) in [6.07, 6.45) is 0.930. The van der Waals surface area contributed by atoms with Crippen LogP contribution in [0.25, 0.3) is 10.9 Å². The van der Waals surface area contributed by atoms with Gasteiger partial charge in [0.05, 0.1) is 24.6 Å². The van der Waals surface area contributed by atoms with Crippen molar-refractivity contribution < 1.29 is 19.1 Å². The highest BCUT2D eigenvalue weighted by atomic mass is 16.5. The van der Waals surface area contributed by atoms with Gasteiger partial charge in [-0.05, 0) is 69.5 Å². The SMILES string of the molecule is CCOc1cc(NC(=O)c2c(C)c3cc(CC)ccc3n2CC)c(OCC)cc1NC(=O)c1ccccc1. The molecule has 0 radical (unpaired) electrons. The topological polar surface area (TPSA) is 81.6 Å². The number of ether oxygens (including phenoxy) is 2. The highest BCUT2D eigenvalue weighted by Crippen LogP contribution is 2.38. The lowest BCUT2D eigenvalue weighted by atomic mass is 10.1. The number of aromatic nitrogens is 1. The monoisotopic (exact) mass is 513 g/mol. The van der Waals surface area contributed by atoms with Gasteiger partial charge in [0.15, 0.2) is 0 Å². The molecule has 4 aromatic rings. The number of hydrogen-bond acceptors (Lipinski definition) is 4. The average molecular weight is 514 g/mol. The van der Waals surface area contributed by atoms with E-state index < -0.39 is 0 Å². The Bertz CT molecular complexity index is 1460. The highest BCUT2D eigenvalue weighted by molar-refractivity contribution is 6.10. The molecule has 4 rings (SSSR count). The van der Waals surface area contributed by atoms with Gasteiger partial charge in [-0.25, -0.2) is 0 Å². The molecular weight excluding hydrogens is 478 g/mol. The van der Waals surface area contributed by atoms with E-state index in [1.165, 1.54) is 5.56 Å². The number of anilines is 2. The maximum Gasteiger partial charge on any atom is 0.272 e. The van der Waals surface area contributed by atoms with Crippen LogP contribution in [0.2, 0.25) is 0 Å². The summed E-state index contributed by atoms with van der Waals surface area (Å²) in [6.45, 7) is 11.3. The zero-order valence-corrected chi connectivity index (χ0v) is 22.7. The lowest BCUT2D eigenvalue weighted by Gasteiger charge is -2.18. The fourth-order valence-electron chi connectivity index (χ4n) is 4.68. The smallest absolute Gasteiger partial charge is 0.272 e. The second-order valence-corrected chi connectivity index (χ2v) is 8.91. The van der Waals surface area contributed by atoms with Crippen LogP contribution in [0.3, 0.4) is 0 Å². The molecule has 0 aliphatic carbocycles. The fourth-order valence-corrected chi connectivity index (χ4v) is 4.68. The predicted molar refractivity (Wildman–Crippen MR) is 153 cm³/mol. The van der Waals surface area contributed by atoms with Crippen LogP contribution in [0, 0.1) is 6.92 Å². The van der Waals surface area contributed by atoms with Gasteiger partial charge in [0.1, 0.15) is 17.2 Å². The lowest BCUT2D eigenvalue weighted by molar-refractivity contribution is 0.101. The molecule has 0 spiro atoms. The van der Waals surface area contributed by atoms with Crippen molar-refractivity contribution in [2.75, 3.05) is 23.8 Å². The molecule has 1 aromatic heterocycles. The van der Waals surface area contributed by atoms with Gasteiger partial charge in [0, 0.05) is 35.1 Å². The Kier molecular flexibility index (Phi) is 8.36. The average Bonchev–Trinajstić information content (AvgIpc) is 3.22. The summed E-state index contributed by atoms with van der Waals surface area (Å²) in [5.74, 6) is 0.386. The Morgan fingerprint density at radius 1 is 0.789 bits per heavy atom. The molecule has 1 heterocycles. The molecule has 0 atom stereocenters. The van der Waals surface area contributed by atoms with Gasteiger partial charge in [-0.15, -0.1) is 0 Å². The Morgan fingerprint density at radius 2 is 1.39 bits per heavy atom. The summed E-state index contributed by atoms with van der Waals surface area (Å²) < 4.78 is 13.8. The molecule has 0 unspecified atom stereocenters. The second-order valence-electron chi connectivity index (χ2n) is 8.91. The van der Waals surface area contributed by atoms with Crippen molar-refractivity contribution in [2.24, 2.45) is 0 Å². The van der Waals surface area contributed by atoms with Crippen molar-refractivity contribution in [1.82, 2.24) is 4.57 Å². The summed E-state index contributed by atoms with van der Waals surface area (Å²) in [7, 11) is 0. The molecule has 38 heavy (non-hydrogen) atoms. The number of nitrogens with one attached hydrogen (secondary N) is 2. The van der Waals surface area contributed by atoms with E-state index in [1.807, 2.05) is 50.5 Å². The molecular formula is C31H35N3O4. The molecule has 0 aliphatic rings. The molecule has 2 amide bonds. The van der Waals surface area contributed by atoms with E-state index in [0.717, 1.165) is 22.9 Å². The standard InChI is InChI=1S/C31H35N3O4/c1-6-21-15-16-26-23(17-21)20(5)29(34(26)7-2)31(36)33-25-19-27(37-8-3)24(18-28(25)38-9-4)32-30(35)22-13-11-10-12-14-22/h10-19H,6-9H2,1-5H3,(H,32,35)(H,33,36). The minimum Gasteiger partial charge on any atom is -0.492 e. The molecule has 0 bridgehead atoms.